The molecule has 2 rings (SSSR count). The summed E-state index contributed by atoms with van der Waals surface area (Å²) in [6, 6.07) is 17.1. The molecule has 0 aliphatic rings. The van der Waals surface area contributed by atoms with Crippen LogP contribution in [0.3, 0.4) is 0 Å². The second-order valence-electron chi connectivity index (χ2n) is 5.11. The molecule has 0 amide bonds. The lowest BCUT2D eigenvalue weighted by Gasteiger charge is -2.31. The monoisotopic (exact) mass is 351 g/mol. The highest BCUT2D eigenvalue weighted by Crippen LogP contribution is 2.29. The Morgan fingerprint density at radius 1 is 1.10 bits per heavy atom. The third-order valence-electron chi connectivity index (χ3n) is 3.31. The second-order valence-corrected chi connectivity index (χ2v) is 6.11. The van der Waals surface area contributed by atoms with Crippen LogP contribution in [0.1, 0.15) is 25.0 Å². The van der Waals surface area contributed by atoms with Gasteiger partial charge in [-0.25, -0.2) is 0 Å². The van der Waals surface area contributed by atoms with Crippen molar-refractivity contribution in [2.45, 2.75) is 31.8 Å². The van der Waals surface area contributed by atoms with E-state index in [0.717, 1.165) is 16.9 Å². The number of rotatable bonds is 5. The minimum atomic E-state index is 0.425. The van der Waals surface area contributed by atoms with Gasteiger partial charge in [0.25, 0.3) is 0 Å². The lowest BCUT2D eigenvalue weighted by molar-refractivity contribution is 0.680. The Bertz CT molecular complexity index is 554. The fourth-order valence-electron chi connectivity index (χ4n) is 2.27. The number of halogens is 2. The molecular formula is C17H19BrClN. The van der Waals surface area contributed by atoms with Gasteiger partial charge in [-0.15, -0.1) is 0 Å². The molecule has 0 saturated heterocycles. The van der Waals surface area contributed by atoms with Crippen LogP contribution in [0.15, 0.2) is 48.5 Å². The molecule has 0 aromatic heterocycles. The zero-order valence-electron chi connectivity index (χ0n) is 11.8. The largest absolute Gasteiger partial charge is 0.365 e. The molecule has 0 atom stereocenters. The molecule has 0 heterocycles. The van der Waals surface area contributed by atoms with E-state index >= 15 is 0 Å². The average molecular weight is 353 g/mol. The zero-order valence-corrected chi connectivity index (χ0v) is 14.2. The third-order valence-corrected chi connectivity index (χ3v) is 4.15. The highest BCUT2D eigenvalue weighted by Gasteiger charge is 2.14. The van der Waals surface area contributed by atoms with Crippen LogP contribution in [0.2, 0.25) is 5.02 Å². The molecule has 0 aliphatic carbocycles. The predicted molar refractivity (Wildman–Crippen MR) is 91.8 cm³/mol. The summed E-state index contributed by atoms with van der Waals surface area (Å²) in [5.74, 6) is 0. The van der Waals surface area contributed by atoms with Crippen molar-refractivity contribution in [2.75, 3.05) is 4.90 Å². The van der Waals surface area contributed by atoms with Gasteiger partial charge in [0.1, 0.15) is 0 Å². The third kappa shape index (κ3) is 3.77. The summed E-state index contributed by atoms with van der Waals surface area (Å²) in [6.07, 6.45) is 0. The summed E-state index contributed by atoms with van der Waals surface area (Å²) in [4.78, 5) is 2.41. The minimum Gasteiger partial charge on any atom is -0.365 e. The number of hydrogen-bond donors (Lipinski definition) is 0. The van der Waals surface area contributed by atoms with Gasteiger partial charge < -0.3 is 4.90 Å². The molecule has 0 saturated carbocycles. The van der Waals surface area contributed by atoms with Crippen LogP contribution in [0.25, 0.3) is 0 Å². The zero-order chi connectivity index (χ0) is 14.5. The van der Waals surface area contributed by atoms with E-state index in [1.54, 1.807) is 0 Å². The second kappa shape index (κ2) is 7.14. The van der Waals surface area contributed by atoms with E-state index in [1.165, 1.54) is 16.8 Å². The standard InChI is InChI=1S/C17H19BrClN/c1-13(2)20(12-14-6-4-3-5-7-14)17-9-8-16(19)10-15(17)11-18/h3-10,13H,11-12H2,1-2H3. The quantitative estimate of drug-likeness (QED) is 0.628. The Balaban J connectivity index is 2.34. The smallest absolute Gasteiger partial charge is 0.0432 e. The molecule has 2 aromatic carbocycles. The highest BCUT2D eigenvalue weighted by atomic mass is 79.9. The van der Waals surface area contributed by atoms with E-state index in [2.05, 4.69) is 71.1 Å². The van der Waals surface area contributed by atoms with Gasteiger partial charge in [-0.3, -0.25) is 0 Å². The summed E-state index contributed by atoms with van der Waals surface area (Å²) in [5, 5.41) is 1.59. The molecule has 0 bridgehead atoms. The first-order valence-corrected chi connectivity index (χ1v) is 8.26. The van der Waals surface area contributed by atoms with Gasteiger partial charge in [-0.2, -0.15) is 0 Å². The van der Waals surface area contributed by atoms with Crippen LogP contribution in [-0.2, 0) is 11.9 Å². The van der Waals surface area contributed by atoms with Gasteiger partial charge in [-0.1, -0.05) is 57.9 Å². The molecule has 2 aromatic rings. The molecule has 106 valence electrons. The van der Waals surface area contributed by atoms with Crippen molar-refractivity contribution in [3.8, 4) is 0 Å². The number of benzene rings is 2. The molecule has 0 N–H and O–H groups in total. The molecule has 0 radical (unpaired) electrons. The van der Waals surface area contributed by atoms with Crippen LogP contribution in [0, 0.1) is 0 Å². The number of alkyl halides is 1. The Labute approximate surface area is 134 Å². The van der Waals surface area contributed by atoms with E-state index < -0.39 is 0 Å². The lowest BCUT2D eigenvalue weighted by Crippen LogP contribution is -2.30. The summed E-state index contributed by atoms with van der Waals surface area (Å²) in [5.41, 5.74) is 3.78. The number of anilines is 1. The van der Waals surface area contributed by atoms with E-state index in [-0.39, 0.29) is 0 Å². The summed E-state index contributed by atoms with van der Waals surface area (Å²) < 4.78 is 0. The van der Waals surface area contributed by atoms with Gasteiger partial charge in [0.2, 0.25) is 0 Å². The first-order valence-electron chi connectivity index (χ1n) is 6.76. The minimum absolute atomic E-state index is 0.425. The SMILES string of the molecule is CC(C)N(Cc1ccccc1)c1ccc(Cl)cc1CBr. The van der Waals surface area contributed by atoms with Crippen LogP contribution in [0.4, 0.5) is 5.69 Å². The van der Waals surface area contributed by atoms with Crippen LogP contribution in [0.5, 0.6) is 0 Å². The number of hydrogen-bond acceptors (Lipinski definition) is 1. The van der Waals surface area contributed by atoms with Crippen molar-refractivity contribution >= 4 is 33.2 Å². The van der Waals surface area contributed by atoms with Crippen molar-refractivity contribution in [2.24, 2.45) is 0 Å². The maximum absolute atomic E-state index is 6.10. The normalized spacial score (nSPS) is 10.8. The van der Waals surface area contributed by atoms with Crippen LogP contribution in [-0.4, -0.2) is 6.04 Å². The molecule has 20 heavy (non-hydrogen) atoms. The Hall–Kier alpha value is -0.990. The van der Waals surface area contributed by atoms with Gasteiger partial charge in [0.15, 0.2) is 0 Å². The van der Waals surface area contributed by atoms with E-state index in [4.69, 9.17) is 11.6 Å². The Morgan fingerprint density at radius 3 is 2.40 bits per heavy atom. The summed E-state index contributed by atoms with van der Waals surface area (Å²) >= 11 is 9.66. The van der Waals surface area contributed by atoms with E-state index in [9.17, 15) is 0 Å². The van der Waals surface area contributed by atoms with E-state index in [0.29, 0.717) is 6.04 Å². The van der Waals surface area contributed by atoms with Gasteiger partial charge in [0, 0.05) is 28.6 Å². The van der Waals surface area contributed by atoms with Crippen molar-refractivity contribution in [3.05, 3.63) is 64.7 Å². The maximum Gasteiger partial charge on any atom is 0.0432 e. The fourth-order valence-corrected chi connectivity index (χ4v) is 2.91. The average Bonchev–Trinajstić information content (AvgIpc) is 2.46. The molecule has 0 spiro atoms. The summed E-state index contributed by atoms with van der Waals surface area (Å²) in [6.45, 7) is 5.34. The molecule has 3 heteroatoms. The number of nitrogens with zero attached hydrogens (tertiary/aromatic N) is 1. The van der Waals surface area contributed by atoms with Crippen molar-refractivity contribution in [1.29, 1.82) is 0 Å². The molecule has 1 nitrogen and oxygen atoms in total. The fraction of sp³-hybridized carbons (Fsp3) is 0.294. The molecular weight excluding hydrogens is 334 g/mol. The maximum atomic E-state index is 6.10. The van der Waals surface area contributed by atoms with Gasteiger partial charge >= 0.3 is 0 Å². The van der Waals surface area contributed by atoms with Crippen molar-refractivity contribution < 1.29 is 0 Å². The lowest BCUT2D eigenvalue weighted by atomic mass is 10.1. The van der Waals surface area contributed by atoms with Crippen molar-refractivity contribution in [3.63, 3.8) is 0 Å². The predicted octanol–water partition coefficient (Wildman–Crippen LogP) is 5.65. The van der Waals surface area contributed by atoms with Crippen LogP contribution < -0.4 is 4.90 Å². The van der Waals surface area contributed by atoms with Gasteiger partial charge in [-0.05, 0) is 43.2 Å². The Morgan fingerprint density at radius 2 is 1.80 bits per heavy atom. The van der Waals surface area contributed by atoms with Gasteiger partial charge in [0.05, 0.1) is 0 Å². The van der Waals surface area contributed by atoms with E-state index in [1.807, 2.05) is 12.1 Å². The van der Waals surface area contributed by atoms with Crippen LogP contribution >= 0.6 is 27.5 Å². The topological polar surface area (TPSA) is 3.24 Å². The Kier molecular flexibility index (Phi) is 5.50. The molecule has 0 unspecified atom stereocenters. The first kappa shape index (κ1) is 15.4. The highest BCUT2D eigenvalue weighted by molar-refractivity contribution is 9.08. The molecule has 0 aliphatic heterocycles. The summed E-state index contributed by atoms with van der Waals surface area (Å²) in [7, 11) is 0. The van der Waals surface area contributed by atoms with Crippen molar-refractivity contribution in [1.82, 2.24) is 0 Å². The molecule has 0 fully saturated rings. The first-order chi connectivity index (χ1) is 9.61.